The lowest BCUT2D eigenvalue weighted by Crippen LogP contribution is -2.43. The summed E-state index contributed by atoms with van der Waals surface area (Å²) < 4.78 is 17.7. The van der Waals surface area contributed by atoms with Gasteiger partial charge in [0.2, 0.25) is 0 Å². The average Bonchev–Trinajstić information content (AvgIpc) is 2.30. The first-order chi connectivity index (χ1) is 5.54. The SMILES string of the molecule is CC(C)N1C(=O)OC[C@@H]1[C@H](C)F. The molecule has 0 aromatic carbocycles. The van der Waals surface area contributed by atoms with Gasteiger partial charge in [0.05, 0.1) is 0 Å². The maximum Gasteiger partial charge on any atom is 0.410 e. The molecule has 3 nitrogen and oxygen atoms in total. The predicted octanol–water partition coefficient (Wildman–Crippen LogP) is 1.57. The highest BCUT2D eigenvalue weighted by Gasteiger charge is 2.38. The van der Waals surface area contributed by atoms with Gasteiger partial charge in [0.15, 0.2) is 0 Å². The minimum atomic E-state index is -1.03. The van der Waals surface area contributed by atoms with E-state index in [1.54, 1.807) is 0 Å². The van der Waals surface area contributed by atoms with Gasteiger partial charge < -0.3 is 4.74 Å². The number of cyclic esters (lactones) is 1. The third-order valence-corrected chi connectivity index (χ3v) is 2.03. The number of carbonyl (C=O) groups is 1. The molecule has 2 atom stereocenters. The van der Waals surface area contributed by atoms with Crippen molar-refractivity contribution >= 4 is 6.09 Å². The minimum absolute atomic E-state index is 0.00296. The molecule has 0 aliphatic carbocycles. The first-order valence-corrected chi connectivity index (χ1v) is 4.13. The van der Waals surface area contributed by atoms with Gasteiger partial charge in [-0.1, -0.05) is 0 Å². The molecule has 4 heteroatoms. The highest BCUT2D eigenvalue weighted by atomic mass is 19.1. The summed E-state index contributed by atoms with van der Waals surface area (Å²) in [7, 11) is 0. The van der Waals surface area contributed by atoms with E-state index in [4.69, 9.17) is 4.74 Å². The Morgan fingerprint density at radius 3 is 2.50 bits per heavy atom. The Kier molecular flexibility index (Phi) is 2.55. The Morgan fingerprint density at radius 1 is 1.58 bits per heavy atom. The largest absolute Gasteiger partial charge is 0.447 e. The molecule has 1 saturated heterocycles. The van der Waals surface area contributed by atoms with Gasteiger partial charge in [0.25, 0.3) is 0 Å². The van der Waals surface area contributed by atoms with Gasteiger partial charge in [-0.15, -0.1) is 0 Å². The molecule has 0 bridgehead atoms. The molecular formula is C8H14FNO2. The molecule has 0 aromatic rings. The maximum atomic E-state index is 12.9. The van der Waals surface area contributed by atoms with Crippen molar-refractivity contribution in [1.29, 1.82) is 0 Å². The van der Waals surface area contributed by atoms with Gasteiger partial charge in [-0.05, 0) is 20.8 Å². The first-order valence-electron chi connectivity index (χ1n) is 4.13. The Labute approximate surface area is 71.5 Å². The van der Waals surface area contributed by atoms with E-state index in [2.05, 4.69) is 0 Å². The number of halogens is 1. The number of rotatable bonds is 2. The fraction of sp³-hybridized carbons (Fsp3) is 0.875. The Bertz CT molecular complexity index is 182. The van der Waals surface area contributed by atoms with E-state index in [-0.39, 0.29) is 12.6 Å². The van der Waals surface area contributed by atoms with Crippen molar-refractivity contribution in [3.8, 4) is 0 Å². The Hall–Kier alpha value is -0.800. The molecule has 0 radical (unpaired) electrons. The van der Waals surface area contributed by atoms with Gasteiger partial charge in [0, 0.05) is 6.04 Å². The lowest BCUT2D eigenvalue weighted by molar-refractivity contribution is 0.138. The van der Waals surface area contributed by atoms with Crippen molar-refractivity contribution in [3.05, 3.63) is 0 Å². The number of hydrogen-bond acceptors (Lipinski definition) is 2. The molecule has 0 unspecified atom stereocenters. The van der Waals surface area contributed by atoms with Crippen LogP contribution in [0.2, 0.25) is 0 Å². The van der Waals surface area contributed by atoms with E-state index in [9.17, 15) is 9.18 Å². The highest BCUT2D eigenvalue weighted by molar-refractivity contribution is 5.70. The van der Waals surface area contributed by atoms with Crippen LogP contribution >= 0.6 is 0 Å². The van der Waals surface area contributed by atoms with Crippen LogP contribution in [0.25, 0.3) is 0 Å². The highest BCUT2D eigenvalue weighted by Crippen LogP contribution is 2.19. The molecule has 1 heterocycles. The Balaban J connectivity index is 2.70. The van der Waals surface area contributed by atoms with Gasteiger partial charge in [-0.25, -0.2) is 9.18 Å². The molecule has 1 aliphatic rings. The second kappa shape index (κ2) is 3.29. The maximum absolute atomic E-state index is 12.9. The van der Waals surface area contributed by atoms with Crippen LogP contribution in [0.3, 0.4) is 0 Å². The quantitative estimate of drug-likeness (QED) is 0.637. The predicted molar refractivity (Wildman–Crippen MR) is 42.7 cm³/mol. The van der Waals surface area contributed by atoms with Crippen LogP contribution in [-0.2, 0) is 4.74 Å². The fourth-order valence-corrected chi connectivity index (χ4v) is 1.39. The van der Waals surface area contributed by atoms with Gasteiger partial charge in [-0.3, -0.25) is 4.90 Å². The van der Waals surface area contributed by atoms with E-state index >= 15 is 0 Å². The molecule has 1 aliphatic heterocycles. The zero-order valence-corrected chi connectivity index (χ0v) is 7.58. The second-order valence-corrected chi connectivity index (χ2v) is 3.32. The molecule has 0 saturated carbocycles. The van der Waals surface area contributed by atoms with E-state index in [1.807, 2.05) is 13.8 Å². The minimum Gasteiger partial charge on any atom is -0.447 e. The molecule has 1 rings (SSSR count). The number of amides is 1. The summed E-state index contributed by atoms with van der Waals surface area (Å²) in [6.45, 7) is 5.32. The van der Waals surface area contributed by atoms with Crippen LogP contribution in [0.15, 0.2) is 0 Å². The second-order valence-electron chi connectivity index (χ2n) is 3.32. The van der Waals surface area contributed by atoms with E-state index in [0.29, 0.717) is 0 Å². The van der Waals surface area contributed by atoms with Crippen LogP contribution in [-0.4, -0.2) is 35.9 Å². The van der Waals surface area contributed by atoms with E-state index in [0.717, 1.165) is 0 Å². The third kappa shape index (κ3) is 1.52. The first kappa shape index (κ1) is 9.29. The monoisotopic (exact) mass is 175 g/mol. The lowest BCUT2D eigenvalue weighted by atomic mass is 10.1. The molecule has 0 spiro atoms. The average molecular weight is 175 g/mol. The smallest absolute Gasteiger partial charge is 0.410 e. The Morgan fingerprint density at radius 2 is 2.17 bits per heavy atom. The number of nitrogens with zero attached hydrogens (tertiary/aromatic N) is 1. The lowest BCUT2D eigenvalue weighted by Gasteiger charge is -2.25. The molecule has 70 valence electrons. The molecule has 1 fully saturated rings. The molecule has 1 amide bonds. The van der Waals surface area contributed by atoms with Crippen LogP contribution in [0.5, 0.6) is 0 Å². The summed E-state index contributed by atoms with van der Waals surface area (Å²) in [6.07, 6.45) is -1.43. The normalized spacial score (nSPS) is 26.2. The van der Waals surface area contributed by atoms with E-state index in [1.165, 1.54) is 11.8 Å². The van der Waals surface area contributed by atoms with Crippen LogP contribution in [0.1, 0.15) is 20.8 Å². The summed E-state index contributed by atoms with van der Waals surface area (Å²) in [4.78, 5) is 12.5. The fourth-order valence-electron chi connectivity index (χ4n) is 1.39. The van der Waals surface area contributed by atoms with Gasteiger partial charge in [-0.2, -0.15) is 0 Å². The van der Waals surface area contributed by atoms with Crippen molar-refractivity contribution in [1.82, 2.24) is 4.90 Å². The molecule has 0 aromatic heterocycles. The standard InChI is InChI=1S/C8H14FNO2/c1-5(2)10-7(6(3)9)4-12-8(10)11/h5-7H,4H2,1-3H3/t6-,7+/m0/s1. The number of ether oxygens (including phenoxy) is 1. The summed E-state index contributed by atoms with van der Waals surface area (Å²) >= 11 is 0. The van der Waals surface area contributed by atoms with Crippen molar-refractivity contribution < 1.29 is 13.9 Å². The van der Waals surface area contributed by atoms with Crippen LogP contribution in [0, 0.1) is 0 Å². The molecule has 0 N–H and O–H groups in total. The van der Waals surface area contributed by atoms with E-state index < -0.39 is 18.3 Å². The summed E-state index contributed by atoms with van der Waals surface area (Å²) in [5, 5.41) is 0. The van der Waals surface area contributed by atoms with Crippen LogP contribution < -0.4 is 0 Å². The van der Waals surface area contributed by atoms with Crippen molar-refractivity contribution in [2.24, 2.45) is 0 Å². The van der Waals surface area contributed by atoms with Crippen molar-refractivity contribution in [2.45, 2.75) is 39.0 Å². The number of alkyl halides is 1. The topological polar surface area (TPSA) is 29.5 Å². The molecular weight excluding hydrogens is 161 g/mol. The third-order valence-electron chi connectivity index (χ3n) is 2.03. The number of carbonyl (C=O) groups excluding carboxylic acids is 1. The zero-order chi connectivity index (χ0) is 9.30. The summed E-state index contributed by atoms with van der Waals surface area (Å²) in [5.74, 6) is 0. The van der Waals surface area contributed by atoms with Gasteiger partial charge in [0.1, 0.15) is 18.8 Å². The summed E-state index contributed by atoms with van der Waals surface area (Å²) in [5.41, 5.74) is 0. The zero-order valence-electron chi connectivity index (χ0n) is 7.58. The summed E-state index contributed by atoms with van der Waals surface area (Å²) in [6, 6.07) is -0.402. The van der Waals surface area contributed by atoms with Crippen molar-refractivity contribution in [3.63, 3.8) is 0 Å². The van der Waals surface area contributed by atoms with Crippen molar-refractivity contribution in [2.75, 3.05) is 6.61 Å². The van der Waals surface area contributed by atoms with Crippen LogP contribution in [0.4, 0.5) is 9.18 Å². The number of hydrogen-bond donors (Lipinski definition) is 0. The molecule has 12 heavy (non-hydrogen) atoms. The van der Waals surface area contributed by atoms with Gasteiger partial charge >= 0.3 is 6.09 Å².